The van der Waals surface area contributed by atoms with Gasteiger partial charge in [-0.2, -0.15) is 4.98 Å². The van der Waals surface area contributed by atoms with E-state index in [0.29, 0.717) is 11.7 Å². The molecule has 2 aromatic heterocycles. The van der Waals surface area contributed by atoms with Gasteiger partial charge in [-0.3, -0.25) is 4.98 Å². The van der Waals surface area contributed by atoms with Crippen LogP contribution in [0.4, 0.5) is 0 Å². The smallest absolute Gasteiger partial charge is 0.259 e. The predicted octanol–water partition coefficient (Wildman–Crippen LogP) is 2.81. The van der Waals surface area contributed by atoms with Crippen LogP contribution in [0.15, 0.2) is 47.2 Å². The summed E-state index contributed by atoms with van der Waals surface area (Å²) in [5.74, 6) is 1.12. The summed E-state index contributed by atoms with van der Waals surface area (Å²) in [5, 5.41) is 13.2. The van der Waals surface area contributed by atoms with Crippen molar-refractivity contribution in [3.63, 3.8) is 0 Å². The van der Waals surface area contributed by atoms with E-state index in [9.17, 15) is 5.11 Å². The van der Waals surface area contributed by atoms with Crippen LogP contribution in [-0.2, 0) is 0 Å². The Kier molecular flexibility index (Phi) is 2.72. The van der Waals surface area contributed by atoms with Gasteiger partial charge in [-0.25, -0.2) is 0 Å². The summed E-state index contributed by atoms with van der Waals surface area (Å²) in [6, 6.07) is 8.57. The van der Waals surface area contributed by atoms with Crippen LogP contribution in [0.1, 0.15) is 5.56 Å². The van der Waals surface area contributed by atoms with E-state index in [-0.39, 0.29) is 5.75 Å². The second-order valence-electron chi connectivity index (χ2n) is 4.22. The second kappa shape index (κ2) is 4.53. The molecular formula is C14H11N3O2. The van der Waals surface area contributed by atoms with Crippen LogP contribution in [-0.4, -0.2) is 20.2 Å². The lowest BCUT2D eigenvalue weighted by molar-refractivity contribution is 0.432. The van der Waals surface area contributed by atoms with Crippen molar-refractivity contribution >= 4 is 0 Å². The van der Waals surface area contributed by atoms with Crippen LogP contribution in [0.5, 0.6) is 5.75 Å². The number of aromatic nitrogens is 3. The first-order valence-corrected chi connectivity index (χ1v) is 5.77. The largest absolute Gasteiger partial charge is 0.508 e. The van der Waals surface area contributed by atoms with E-state index >= 15 is 0 Å². The number of hydrogen-bond acceptors (Lipinski definition) is 5. The molecule has 0 saturated carbocycles. The zero-order chi connectivity index (χ0) is 13.2. The van der Waals surface area contributed by atoms with Gasteiger partial charge in [0, 0.05) is 18.0 Å². The number of phenols is 1. The van der Waals surface area contributed by atoms with Crippen LogP contribution in [0.2, 0.25) is 0 Å². The molecule has 3 rings (SSSR count). The quantitative estimate of drug-likeness (QED) is 0.760. The molecule has 1 aromatic carbocycles. The fourth-order valence-electron chi connectivity index (χ4n) is 1.74. The summed E-state index contributed by atoms with van der Waals surface area (Å²) < 4.78 is 5.23. The van der Waals surface area contributed by atoms with E-state index in [0.717, 1.165) is 16.7 Å². The van der Waals surface area contributed by atoms with Gasteiger partial charge >= 0.3 is 0 Å². The number of aromatic hydroxyl groups is 1. The van der Waals surface area contributed by atoms with Gasteiger partial charge in [0.05, 0.1) is 5.56 Å². The van der Waals surface area contributed by atoms with Crippen molar-refractivity contribution in [2.75, 3.05) is 0 Å². The molecule has 0 saturated heterocycles. The van der Waals surface area contributed by atoms with Gasteiger partial charge in [-0.15, -0.1) is 0 Å². The molecule has 2 heterocycles. The van der Waals surface area contributed by atoms with Gasteiger partial charge in [-0.05, 0) is 42.8 Å². The molecule has 0 bridgehead atoms. The first kappa shape index (κ1) is 11.4. The number of hydrogen-bond donors (Lipinski definition) is 1. The minimum absolute atomic E-state index is 0.204. The maximum atomic E-state index is 9.24. The molecule has 1 N–H and O–H groups in total. The van der Waals surface area contributed by atoms with Crippen LogP contribution in [0, 0.1) is 6.92 Å². The molecule has 0 fully saturated rings. The molecular weight excluding hydrogens is 242 g/mol. The highest BCUT2D eigenvalue weighted by Gasteiger charge is 2.10. The van der Waals surface area contributed by atoms with Crippen molar-refractivity contribution in [3.8, 4) is 28.6 Å². The third-order valence-corrected chi connectivity index (χ3v) is 2.67. The third-order valence-electron chi connectivity index (χ3n) is 2.67. The van der Waals surface area contributed by atoms with Gasteiger partial charge < -0.3 is 9.63 Å². The second-order valence-corrected chi connectivity index (χ2v) is 4.22. The molecule has 0 unspecified atom stereocenters. The van der Waals surface area contributed by atoms with Crippen LogP contribution < -0.4 is 0 Å². The lowest BCUT2D eigenvalue weighted by Crippen LogP contribution is -1.83. The topological polar surface area (TPSA) is 72.0 Å². The van der Waals surface area contributed by atoms with E-state index in [2.05, 4.69) is 15.1 Å². The highest BCUT2D eigenvalue weighted by atomic mass is 16.5. The Bertz CT molecular complexity index is 705. The number of aryl methyl sites for hydroxylation is 1. The third kappa shape index (κ3) is 2.30. The molecule has 0 aliphatic rings. The van der Waals surface area contributed by atoms with E-state index in [1.807, 2.05) is 13.0 Å². The van der Waals surface area contributed by atoms with Gasteiger partial charge in [0.2, 0.25) is 5.82 Å². The minimum Gasteiger partial charge on any atom is -0.508 e. The normalized spacial score (nSPS) is 10.6. The van der Waals surface area contributed by atoms with Crippen molar-refractivity contribution in [2.45, 2.75) is 6.92 Å². The zero-order valence-corrected chi connectivity index (χ0v) is 10.2. The first-order chi connectivity index (χ1) is 9.22. The Labute approximate surface area is 109 Å². The Hall–Kier alpha value is -2.69. The summed E-state index contributed by atoms with van der Waals surface area (Å²) in [6.45, 7) is 1.95. The average Bonchev–Trinajstić information content (AvgIpc) is 2.89. The Balaban J connectivity index is 1.97. The fraction of sp³-hybridized carbons (Fsp3) is 0.0714. The van der Waals surface area contributed by atoms with E-state index in [4.69, 9.17) is 4.52 Å². The van der Waals surface area contributed by atoms with Gasteiger partial charge in [0.15, 0.2) is 0 Å². The van der Waals surface area contributed by atoms with Crippen LogP contribution in [0.3, 0.4) is 0 Å². The molecule has 5 nitrogen and oxygen atoms in total. The lowest BCUT2D eigenvalue weighted by Gasteiger charge is -1.95. The molecule has 0 aliphatic carbocycles. The Morgan fingerprint density at radius 1 is 1.05 bits per heavy atom. The summed E-state index contributed by atoms with van der Waals surface area (Å²) in [7, 11) is 0. The summed E-state index contributed by atoms with van der Waals surface area (Å²) in [4.78, 5) is 8.42. The molecule has 94 valence electrons. The Morgan fingerprint density at radius 2 is 1.84 bits per heavy atom. The number of nitrogens with zero attached hydrogens (tertiary/aromatic N) is 3. The molecule has 5 heteroatoms. The van der Waals surface area contributed by atoms with Crippen molar-refractivity contribution in [1.82, 2.24) is 15.1 Å². The van der Waals surface area contributed by atoms with Crippen molar-refractivity contribution in [3.05, 3.63) is 48.3 Å². The highest BCUT2D eigenvalue weighted by molar-refractivity contribution is 5.60. The maximum Gasteiger partial charge on any atom is 0.259 e. The number of pyridine rings is 1. The SMILES string of the molecule is Cc1cncc(-c2nc(-c3ccc(O)cc3)no2)c1. The number of benzene rings is 1. The number of rotatable bonds is 2. The molecule has 3 aromatic rings. The van der Waals surface area contributed by atoms with Crippen molar-refractivity contribution < 1.29 is 9.63 Å². The summed E-state index contributed by atoms with van der Waals surface area (Å²) in [6.07, 6.45) is 3.45. The van der Waals surface area contributed by atoms with Crippen LogP contribution in [0.25, 0.3) is 22.8 Å². The van der Waals surface area contributed by atoms with Crippen molar-refractivity contribution in [1.29, 1.82) is 0 Å². The van der Waals surface area contributed by atoms with Gasteiger partial charge in [-0.1, -0.05) is 5.16 Å². The van der Waals surface area contributed by atoms with Crippen molar-refractivity contribution in [2.24, 2.45) is 0 Å². The van der Waals surface area contributed by atoms with E-state index in [1.54, 1.807) is 36.7 Å². The molecule has 0 amide bonds. The van der Waals surface area contributed by atoms with Crippen LogP contribution >= 0.6 is 0 Å². The maximum absolute atomic E-state index is 9.24. The summed E-state index contributed by atoms with van der Waals surface area (Å²) >= 11 is 0. The predicted molar refractivity (Wildman–Crippen MR) is 69.4 cm³/mol. The molecule has 19 heavy (non-hydrogen) atoms. The average molecular weight is 253 g/mol. The summed E-state index contributed by atoms with van der Waals surface area (Å²) in [5.41, 5.74) is 2.60. The monoisotopic (exact) mass is 253 g/mol. The fourth-order valence-corrected chi connectivity index (χ4v) is 1.74. The van der Waals surface area contributed by atoms with E-state index < -0.39 is 0 Å². The highest BCUT2D eigenvalue weighted by Crippen LogP contribution is 2.23. The van der Waals surface area contributed by atoms with E-state index in [1.165, 1.54) is 0 Å². The minimum atomic E-state index is 0.204. The zero-order valence-electron chi connectivity index (χ0n) is 10.2. The molecule has 0 spiro atoms. The molecule has 0 aliphatic heterocycles. The lowest BCUT2D eigenvalue weighted by atomic mass is 10.2. The Morgan fingerprint density at radius 3 is 2.58 bits per heavy atom. The first-order valence-electron chi connectivity index (χ1n) is 5.77. The molecule has 0 radical (unpaired) electrons. The number of phenolic OH excluding ortho intramolecular Hbond substituents is 1. The molecule has 0 atom stereocenters. The standard InChI is InChI=1S/C14H11N3O2/c1-9-6-11(8-15-7-9)14-16-13(17-19-14)10-2-4-12(18)5-3-10/h2-8,18H,1H3. The van der Waals surface area contributed by atoms with Gasteiger partial charge in [0.1, 0.15) is 5.75 Å². The van der Waals surface area contributed by atoms with Gasteiger partial charge in [0.25, 0.3) is 5.89 Å².